The van der Waals surface area contributed by atoms with Crippen molar-refractivity contribution in [2.24, 2.45) is 0 Å². The van der Waals surface area contributed by atoms with Crippen molar-refractivity contribution in [3.8, 4) is 6.07 Å². The number of para-hydroxylation sites is 1. The fourth-order valence-electron chi connectivity index (χ4n) is 2.62. The minimum atomic E-state index is -0.486. The molecule has 1 aliphatic rings. The van der Waals surface area contributed by atoms with Gasteiger partial charge in [0.05, 0.1) is 33.6 Å². The lowest BCUT2D eigenvalue weighted by Gasteiger charge is -2.13. The van der Waals surface area contributed by atoms with Crippen LogP contribution >= 0.6 is 11.8 Å². The van der Waals surface area contributed by atoms with Gasteiger partial charge in [0.15, 0.2) is 0 Å². The van der Waals surface area contributed by atoms with Gasteiger partial charge in [-0.05, 0) is 41.6 Å². The van der Waals surface area contributed by atoms with Gasteiger partial charge in [0.2, 0.25) is 0 Å². The molecular weight excluding hydrogens is 378 g/mol. The summed E-state index contributed by atoms with van der Waals surface area (Å²) in [5.74, 6) is -0.463. The molecular formula is C20H13N3O4S. The first-order valence-electron chi connectivity index (χ1n) is 8.14. The van der Waals surface area contributed by atoms with Gasteiger partial charge < -0.3 is 0 Å². The Labute approximate surface area is 164 Å². The highest BCUT2D eigenvalue weighted by Gasteiger charge is 2.35. The summed E-state index contributed by atoms with van der Waals surface area (Å²) < 4.78 is 0. The maximum atomic E-state index is 12.5. The summed E-state index contributed by atoms with van der Waals surface area (Å²) in [4.78, 5) is 36.6. The number of nitro groups is 1. The zero-order valence-electron chi connectivity index (χ0n) is 14.4. The average Bonchev–Trinajstić information content (AvgIpc) is 2.96. The third kappa shape index (κ3) is 4.00. The fourth-order valence-corrected chi connectivity index (χ4v) is 3.41. The number of nitriles is 1. The van der Waals surface area contributed by atoms with Crippen LogP contribution in [0.5, 0.6) is 0 Å². The van der Waals surface area contributed by atoms with Gasteiger partial charge >= 0.3 is 0 Å². The van der Waals surface area contributed by atoms with E-state index in [1.807, 2.05) is 6.07 Å². The molecule has 28 heavy (non-hydrogen) atoms. The molecule has 138 valence electrons. The van der Waals surface area contributed by atoms with Crippen molar-refractivity contribution in [3.63, 3.8) is 0 Å². The molecule has 1 saturated heterocycles. The second-order valence-electron chi connectivity index (χ2n) is 5.73. The van der Waals surface area contributed by atoms with E-state index in [4.69, 9.17) is 5.26 Å². The number of nitrogens with zero attached hydrogens (tertiary/aromatic N) is 3. The highest BCUT2D eigenvalue weighted by Crippen LogP contribution is 2.32. The molecule has 1 fully saturated rings. The van der Waals surface area contributed by atoms with Crippen LogP contribution in [0, 0.1) is 21.4 Å². The highest BCUT2D eigenvalue weighted by atomic mass is 32.2. The SMILES string of the molecule is N#Cc1ccccc1CN1C(=O)SC(=CC=Cc2ccccc2[N+](=O)[O-])C1=O. The number of imide groups is 1. The van der Waals surface area contributed by atoms with Crippen molar-refractivity contribution in [1.29, 1.82) is 5.26 Å². The van der Waals surface area contributed by atoms with Crippen molar-refractivity contribution in [2.45, 2.75) is 6.54 Å². The molecule has 8 heteroatoms. The van der Waals surface area contributed by atoms with Crippen LogP contribution in [0.1, 0.15) is 16.7 Å². The molecule has 1 aliphatic heterocycles. The Hall–Kier alpha value is -3.70. The molecule has 0 aromatic heterocycles. The Morgan fingerprint density at radius 3 is 2.61 bits per heavy atom. The number of allylic oxidation sites excluding steroid dienone is 2. The number of thioether (sulfide) groups is 1. The molecule has 2 amide bonds. The number of rotatable bonds is 5. The molecule has 0 atom stereocenters. The lowest BCUT2D eigenvalue weighted by Crippen LogP contribution is -2.27. The second-order valence-corrected chi connectivity index (χ2v) is 6.73. The molecule has 1 heterocycles. The second kappa shape index (κ2) is 8.33. The van der Waals surface area contributed by atoms with Crippen molar-refractivity contribution in [3.05, 3.63) is 92.4 Å². The standard InChI is InChI=1S/C20H13N3O4S/c21-12-15-7-1-2-8-16(15)13-22-19(24)18(28-20(22)25)11-5-9-14-6-3-4-10-17(14)23(26)27/h1-11H,13H2. The van der Waals surface area contributed by atoms with E-state index in [0.717, 1.165) is 16.7 Å². The van der Waals surface area contributed by atoms with E-state index in [1.54, 1.807) is 42.5 Å². The first-order valence-corrected chi connectivity index (χ1v) is 8.96. The number of hydrogen-bond donors (Lipinski definition) is 0. The Morgan fingerprint density at radius 2 is 1.86 bits per heavy atom. The normalized spacial score (nSPS) is 15.4. The summed E-state index contributed by atoms with van der Waals surface area (Å²) in [7, 11) is 0. The minimum absolute atomic E-state index is 0.0135. The number of carbonyl (C=O) groups is 2. The van der Waals surface area contributed by atoms with Gasteiger partial charge in [0, 0.05) is 6.07 Å². The van der Waals surface area contributed by atoms with E-state index in [9.17, 15) is 19.7 Å². The maximum Gasteiger partial charge on any atom is 0.293 e. The lowest BCUT2D eigenvalue weighted by atomic mass is 10.1. The minimum Gasteiger partial charge on any atom is -0.268 e. The summed E-state index contributed by atoms with van der Waals surface area (Å²) in [5, 5.41) is 19.8. The summed E-state index contributed by atoms with van der Waals surface area (Å²) in [5.41, 5.74) is 1.34. The van der Waals surface area contributed by atoms with Crippen LogP contribution in [0.3, 0.4) is 0 Å². The van der Waals surface area contributed by atoms with Gasteiger partial charge in [-0.25, -0.2) is 0 Å². The van der Waals surface area contributed by atoms with E-state index < -0.39 is 16.1 Å². The molecule has 0 N–H and O–H groups in total. The third-order valence-electron chi connectivity index (χ3n) is 4.00. The van der Waals surface area contributed by atoms with Gasteiger partial charge in [-0.15, -0.1) is 0 Å². The fraction of sp³-hybridized carbons (Fsp3) is 0.0500. The molecule has 2 aromatic carbocycles. The van der Waals surface area contributed by atoms with Crippen LogP contribution in [0.25, 0.3) is 6.08 Å². The van der Waals surface area contributed by atoms with Gasteiger partial charge in [0.25, 0.3) is 16.8 Å². The van der Waals surface area contributed by atoms with Crippen molar-refractivity contribution < 1.29 is 14.5 Å². The van der Waals surface area contributed by atoms with E-state index >= 15 is 0 Å². The van der Waals surface area contributed by atoms with Crippen LogP contribution in [-0.4, -0.2) is 21.0 Å². The highest BCUT2D eigenvalue weighted by molar-refractivity contribution is 8.18. The predicted molar refractivity (Wildman–Crippen MR) is 105 cm³/mol. The van der Waals surface area contributed by atoms with Crippen LogP contribution in [0.4, 0.5) is 10.5 Å². The molecule has 0 spiro atoms. The van der Waals surface area contributed by atoms with E-state index in [1.165, 1.54) is 24.3 Å². The van der Waals surface area contributed by atoms with Gasteiger partial charge in [-0.1, -0.05) is 36.4 Å². The summed E-state index contributed by atoms with van der Waals surface area (Å²) in [6.45, 7) is 0.0135. The number of hydrogen-bond acceptors (Lipinski definition) is 6. The molecule has 0 bridgehead atoms. The van der Waals surface area contributed by atoms with Gasteiger partial charge in [-0.2, -0.15) is 5.26 Å². The van der Waals surface area contributed by atoms with Crippen molar-refractivity contribution in [2.75, 3.05) is 0 Å². The number of amides is 2. The summed E-state index contributed by atoms with van der Waals surface area (Å²) in [6.07, 6.45) is 4.47. The molecule has 2 aromatic rings. The van der Waals surface area contributed by atoms with E-state index in [0.29, 0.717) is 16.7 Å². The van der Waals surface area contributed by atoms with Crippen LogP contribution < -0.4 is 0 Å². The molecule has 0 unspecified atom stereocenters. The third-order valence-corrected chi connectivity index (χ3v) is 4.92. The zero-order chi connectivity index (χ0) is 20.1. The molecule has 0 saturated carbocycles. The van der Waals surface area contributed by atoms with E-state index in [-0.39, 0.29) is 17.1 Å². The maximum absolute atomic E-state index is 12.5. The zero-order valence-corrected chi connectivity index (χ0v) is 15.3. The Kier molecular flexibility index (Phi) is 5.67. The average molecular weight is 391 g/mol. The van der Waals surface area contributed by atoms with Crippen LogP contribution in [0.2, 0.25) is 0 Å². The van der Waals surface area contributed by atoms with Crippen LogP contribution in [-0.2, 0) is 11.3 Å². The largest absolute Gasteiger partial charge is 0.293 e. The quantitative estimate of drug-likeness (QED) is 0.428. The number of carbonyl (C=O) groups excluding carboxylic acids is 2. The lowest BCUT2D eigenvalue weighted by molar-refractivity contribution is -0.385. The van der Waals surface area contributed by atoms with Crippen molar-refractivity contribution >= 4 is 34.7 Å². The molecule has 0 radical (unpaired) electrons. The smallest absolute Gasteiger partial charge is 0.268 e. The van der Waals surface area contributed by atoms with E-state index in [2.05, 4.69) is 0 Å². The summed E-state index contributed by atoms with van der Waals surface area (Å²) in [6, 6.07) is 15.0. The van der Waals surface area contributed by atoms with Gasteiger partial charge in [0.1, 0.15) is 0 Å². The monoisotopic (exact) mass is 391 g/mol. The topological polar surface area (TPSA) is 104 Å². The van der Waals surface area contributed by atoms with Crippen LogP contribution in [0.15, 0.2) is 65.6 Å². The Balaban J connectivity index is 1.78. The Morgan fingerprint density at radius 1 is 1.14 bits per heavy atom. The molecule has 3 rings (SSSR count). The van der Waals surface area contributed by atoms with Gasteiger partial charge in [-0.3, -0.25) is 24.6 Å². The first-order chi connectivity index (χ1) is 13.5. The molecule has 0 aliphatic carbocycles. The number of benzene rings is 2. The molecule has 7 nitrogen and oxygen atoms in total. The summed E-state index contributed by atoms with van der Waals surface area (Å²) >= 11 is 0.791. The predicted octanol–water partition coefficient (Wildman–Crippen LogP) is 4.26. The number of nitro benzene ring substituents is 1. The first kappa shape index (κ1) is 19.1. The Bertz CT molecular complexity index is 1070. The van der Waals surface area contributed by atoms with Crippen molar-refractivity contribution in [1.82, 2.24) is 4.90 Å².